The van der Waals surface area contributed by atoms with Crippen LogP contribution in [0.15, 0.2) is 30.7 Å². The fourth-order valence-corrected chi connectivity index (χ4v) is 1.21. The number of hydrogen-bond acceptors (Lipinski definition) is 2. The van der Waals surface area contributed by atoms with Crippen molar-refractivity contribution in [3.05, 3.63) is 36.5 Å². The van der Waals surface area contributed by atoms with Gasteiger partial charge in [0.15, 0.2) is 0 Å². The molecular weight excluding hydrogens is 233 g/mol. The number of nitrogens with zero attached hydrogens (tertiary/aromatic N) is 2. The minimum atomic E-state index is 0. The van der Waals surface area contributed by atoms with Gasteiger partial charge in [0.25, 0.3) is 0 Å². The molecule has 0 atom stereocenters. The lowest BCUT2D eigenvalue weighted by Crippen LogP contribution is -1.82. The molecule has 2 rings (SSSR count). The van der Waals surface area contributed by atoms with E-state index in [1.165, 1.54) is 0 Å². The molecule has 0 aliphatic heterocycles. The lowest BCUT2D eigenvalue weighted by Gasteiger charge is -1.94. The third-order valence-electron chi connectivity index (χ3n) is 1.94. The molecule has 0 aliphatic carbocycles. The van der Waals surface area contributed by atoms with E-state index in [0.29, 0.717) is 0 Å². The van der Waals surface area contributed by atoms with Gasteiger partial charge < -0.3 is 4.98 Å². The quantitative estimate of drug-likeness (QED) is 0.885. The van der Waals surface area contributed by atoms with Gasteiger partial charge in [-0.1, -0.05) is 6.92 Å². The zero-order chi connectivity index (χ0) is 9.10. The molecule has 0 saturated heterocycles. The zero-order valence-corrected chi connectivity index (χ0v) is 9.94. The second-order valence-corrected chi connectivity index (χ2v) is 2.84. The minimum absolute atomic E-state index is 0. The van der Waals surface area contributed by atoms with Crippen molar-refractivity contribution in [2.24, 2.45) is 0 Å². The Balaban J connectivity index is 0.000000980. The number of aryl methyl sites for hydroxylation is 1. The van der Waals surface area contributed by atoms with Gasteiger partial charge >= 0.3 is 0 Å². The standard InChI is InChI=1S/C10H11N3.2ClH/c1-2-10-12-7-9(13-10)8-4-3-5-11-6-8;;/h3-7H,2H2,1H3,(H,12,13);2*1H. The van der Waals surface area contributed by atoms with Gasteiger partial charge in [0.1, 0.15) is 5.82 Å². The van der Waals surface area contributed by atoms with Gasteiger partial charge in [-0.15, -0.1) is 24.8 Å². The van der Waals surface area contributed by atoms with Crippen molar-refractivity contribution in [3.63, 3.8) is 0 Å². The molecule has 0 spiro atoms. The number of pyridine rings is 1. The first-order valence-electron chi connectivity index (χ1n) is 4.34. The third kappa shape index (κ3) is 3.22. The molecule has 0 aromatic carbocycles. The second-order valence-electron chi connectivity index (χ2n) is 2.84. The number of halogens is 2. The molecule has 0 unspecified atom stereocenters. The summed E-state index contributed by atoms with van der Waals surface area (Å²) < 4.78 is 0. The summed E-state index contributed by atoms with van der Waals surface area (Å²) in [7, 11) is 0. The second kappa shape index (κ2) is 6.43. The van der Waals surface area contributed by atoms with E-state index in [2.05, 4.69) is 21.9 Å². The van der Waals surface area contributed by atoms with Crippen LogP contribution in [-0.2, 0) is 6.42 Å². The summed E-state index contributed by atoms with van der Waals surface area (Å²) in [5, 5.41) is 0. The van der Waals surface area contributed by atoms with Crippen LogP contribution in [0.1, 0.15) is 12.7 Å². The molecule has 15 heavy (non-hydrogen) atoms. The van der Waals surface area contributed by atoms with Crippen LogP contribution in [0.5, 0.6) is 0 Å². The SMILES string of the molecule is CCc1ncc(-c2cccnc2)[nH]1.Cl.Cl. The van der Waals surface area contributed by atoms with Crippen LogP contribution in [0.2, 0.25) is 0 Å². The Kier molecular flexibility index (Phi) is 5.97. The summed E-state index contributed by atoms with van der Waals surface area (Å²) in [4.78, 5) is 11.5. The fourth-order valence-electron chi connectivity index (χ4n) is 1.21. The Morgan fingerprint density at radius 2 is 2.07 bits per heavy atom. The van der Waals surface area contributed by atoms with Crippen molar-refractivity contribution in [2.45, 2.75) is 13.3 Å². The molecule has 0 radical (unpaired) electrons. The molecule has 0 amide bonds. The Hall–Kier alpha value is -1.06. The smallest absolute Gasteiger partial charge is 0.106 e. The summed E-state index contributed by atoms with van der Waals surface area (Å²) >= 11 is 0. The molecule has 0 bridgehead atoms. The molecule has 2 aromatic heterocycles. The van der Waals surface area contributed by atoms with Crippen LogP contribution >= 0.6 is 24.8 Å². The van der Waals surface area contributed by atoms with Gasteiger partial charge in [-0.3, -0.25) is 4.98 Å². The number of rotatable bonds is 2. The predicted molar refractivity (Wildman–Crippen MR) is 65.7 cm³/mol. The monoisotopic (exact) mass is 245 g/mol. The summed E-state index contributed by atoms with van der Waals surface area (Å²) in [6.07, 6.45) is 6.36. The molecule has 5 heteroatoms. The molecule has 2 aromatic rings. The molecule has 3 nitrogen and oxygen atoms in total. The minimum Gasteiger partial charge on any atom is -0.342 e. The average Bonchev–Trinajstić information content (AvgIpc) is 2.67. The lowest BCUT2D eigenvalue weighted by molar-refractivity contribution is 0.990. The van der Waals surface area contributed by atoms with E-state index in [4.69, 9.17) is 0 Å². The van der Waals surface area contributed by atoms with Crippen LogP contribution in [0.4, 0.5) is 0 Å². The highest BCUT2D eigenvalue weighted by molar-refractivity contribution is 5.85. The first-order valence-corrected chi connectivity index (χ1v) is 4.34. The molecule has 2 heterocycles. The maximum Gasteiger partial charge on any atom is 0.106 e. The van der Waals surface area contributed by atoms with Crippen molar-refractivity contribution in [1.29, 1.82) is 0 Å². The Morgan fingerprint density at radius 3 is 2.60 bits per heavy atom. The van der Waals surface area contributed by atoms with Gasteiger partial charge in [0.2, 0.25) is 0 Å². The van der Waals surface area contributed by atoms with Crippen molar-refractivity contribution >= 4 is 24.8 Å². The summed E-state index contributed by atoms with van der Waals surface area (Å²) in [6, 6.07) is 3.93. The van der Waals surface area contributed by atoms with E-state index in [1.807, 2.05) is 24.5 Å². The van der Waals surface area contributed by atoms with Crippen LogP contribution in [0.3, 0.4) is 0 Å². The van der Waals surface area contributed by atoms with Gasteiger partial charge in [0, 0.05) is 24.4 Å². The number of aromatic amines is 1. The van der Waals surface area contributed by atoms with Gasteiger partial charge in [-0.25, -0.2) is 4.98 Å². The summed E-state index contributed by atoms with van der Waals surface area (Å²) in [6.45, 7) is 2.08. The number of imidazole rings is 1. The van der Waals surface area contributed by atoms with Crippen LogP contribution in [-0.4, -0.2) is 15.0 Å². The van der Waals surface area contributed by atoms with E-state index in [0.717, 1.165) is 23.5 Å². The average molecular weight is 246 g/mol. The largest absolute Gasteiger partial charge is 0.342 e. The van der Waals surface area contributed by atoms with Crippen molar-refractivity contribution < 1.29 is 0 Å². The molecule has 0 aliphatic rings. The molecular formula is C10H13Cl2N3. The van der Waals surface area contributed by atoms with Crippen molar-refractivity contribution in [1.82, 2.24) is 15.0 Å². The van der Waals surface area contributed by atoms with Gasteiger partial charge in [-0.05, 0) is 12.1 Å². The molecule has 1 N–H and O–H groups in total. The highest BCUT2D eigenvalue weighted by Crippen LogP contribution is 2.14. The van der Waals surface area contributed by atoms with Crippen LogP contribution < -0.4 is 0 Å². The molecule has 0 fully saturated rings. The number of H-pyrrole nitrogens is 1. The van der Waals surface area contributed by atoms with Crippen molar-refractivity contribution in [2.75, 3.05) is 0 Å². The van der Waals surface area contributed by atoms with Gasteiger partial charge in [0.05, 0.1) is 11.9 Å². The lowest BCUT2D eigenvalue weighted by atomic mass is 10.2. The van der Waals surface area contributed by atoms with E-state index in [-0.39, 0.29) is 24.8 Å². The van der Waals surface area contributed by atoms with E-state index in [1.54, 1.807) is 6.20 Å². The van der Waals surface area contributed by atoms with E-state index >= 15 is 0 Å². The van der Waals surface area contributed by atoms with Gasteiger partial charge in [-0.2, -0.15) is 0 Å². The van der Waals surface area contributed by atoms with Crippen LogP contribution in [0.25, 0.3) is 11.3 Å². The summed E-state index contributed by atoms with van der Waals surface area (Å²) in [5.41, 5.74) is 2.11. The Morgan fingerprint density at radius 1 is 1.27 bits per heavy atom. The maximum atomic E-state index is 4.23. The third-order valence-corrected chi connectivity index (χ3v) is 1.94. The highest BCUT2D eigenvalue weighted by atomic mass is 35.5. The number of nitrogens with one attached hydrogen (secondary N) is 1. The zero-order valence-electron chi connectivity index (χ0n) is 8.30. The normalized spacial score (nSPS) is 8.87. The maximum absolute atomic E-state index is 4.23. The first-order chi connectivity index (χ1) is 6.40. The molecule has 0 saturated carbocycles. The topological polar surface area (TPSA) is 41.6 Å². The molecule has 82 valence electrons. The van der Waals surface area contributed by atoms with Crippen LogP contribution in [0, 0.1) is 0 Å². The van der Waals surface area contributed by atoms with E-state index < -0.39 is 0 Å². The first kappa shape index (κ1) is 13.9. The predicted octanol–water partition coefficient (Wildman–Crippen LogP) is 2.88. The number of aromatic nitrogens is 3. The Bertz CT molecular complexity index is 387. The van der Waals surface area contributed by atoms with Crippen molar-refractivity contribution in [3.8, 4) is 11.3 Å². The number of hydrogen-bond donors (Lipinski definition) is 1. The van der Waals surface area contributed by atoms with E-state index in [9.17, 15) is 0 Å². The highest BCUT2D eigenvalue weighted by Gasteiger charge is 2.00. The summed E-state index contributed by atoms with van der Waals surface area (Å²) in [5.74, 6) is 1.01. The fraction of sp³-hybridized carbons (Fsp3) is 0.200. The Labute approximate surface area is 101 Å².